The average Bonchev–Trinajstić information content (AvgIpc) is 2.30. The molecule has 0 aliphatic heterocycles. The monoisotopic (exact) mass is 234 g/mol. The fourth-order valence-electron chi connectivity index (χ4n) is 2.24. The first-order valence-electron chi connectivity index (χ1n) is 7.14. The Morgan fingerprint density at radius 2 is 1.41 bits per heavy atom. The van der Waals surface area contributed by atoms with Crippen LogP contribution in [0.2, 0.25) is 0 Å². The Morgan fingerprint density at radius 3 is 2.06 bits per heavy atom. The van der Waals surface area contributed by atoms with Crippen LogP contribution in [-0.4, -0.2) is 5.78 Å². The number of allylic oxidation sites excluding steroid dienone is 4. The van der Waals surface area contributed by atoms with E-state index in [-0.39, 0.29) is 0 Å². The second kappa shape index (κ2) is 9.21. The lowest BCUT2D eigenvalue weighted by Gasteiger charge is -2.01. The molecule has 0 aromatic heterocycles. The third-order valence-electron chi connectivity index (χ3n) is 3.31. The minimum absolute atomic E-state index is 0.327. The first kappa shape index (κ1) is 14.2. The summed E-state index contributed by atoms with van der Waals surface area (Å²) < 4.78 is 0. The summed E-state index contributed by atoms with van der Waals surface area (Å²) in [5.74, 6) is 0.327. The number of carbonyl (C=O) groups excluding carboxylic acids is 1. The Morgan fingerprint density at radius 1 is 0.824 bits per heavy atom. The molecule has 0 aromatic rings. The van der Waals surface area contributed by atoms with Crippen LogP contribution < -0.4 is 0 Å². The van der Waals surface area contributed by atoms with Gasteiger partial charge in [0.25, 0.3) is 0 Å². The van der Waals surface area contributed by atoms with E-state index in [4.69, 9.17) is 0 Å². The molecule has 0 fully saturated rings. The minimum Gasteiger partial charge on any atom is -0.295 e. The molecule has 96 valence electrons. The Kier molecular flexibility index (Phi) is 7.70. The second-order valence-corrected chi connectivity index (χ2v) is 5.13. The lowest BCUT2D eigenvalue weighted by molar-refractivity contribution is -0.114. The Balaban J connectivity index is 2.39. The van der Waals surface area contributed by atoms with Crippen LogP contribution in [-0.2, 0) is 4.79 Å². The van der Waals surface area contributed by atoms with E-state index >= 15 is 0 Å². The quantitative estimate of drug-likeness (QED) is 0.541. The molecule has 1 rings (SSSR count). The molecule has 1 aliphatic carbocycles. The van der Waals surface area contributed by atoms with Crippen LogP contribution in [0.15, 0.2) is 23.8 Å². The van der Waals surface area contributed by atoms with Crippen LogP contribution in [0.1, 0.15) is 71.1 Å². The normalized spacial score (nSPS) is 26.4. The lowest BCUT2D eigenvalue weighted by atomic mass is 10.0. The zero-order chi connectivity index (χ0) is 12.3. The molecular weight excluding hydrogens is 208 g/mol. The minimum atomic E-state index is 0.327. The number of hydrogen-bond acceptors (Lipinski definition) is 1. The molecule has 0 bridgehead atoms. The van der Waals surface area contributed by atoms with Crippen molar-refractivity contribution in [2.75, 3.05) is 0 Å². The molecule has 1 nitrogen and oxygen atoms in total. The van der Waals surface area contributed by atoms with Crippen molar-refractivity contribution in [1.82, 2.24) is 0 Å². The molecule has 1 aliphatic rings. The summed E-state index contributed by atoms with van der Waals surface area (Å²) in [6.45, 7) is 2.09. The molecule has 0 aromatic carbocycles. The lowest BCUT2D eigenvalue weighted by Crippen LogP contribution is -1.94. The molecule has 0 unspecified atom stereocenters. The highest BCUT2D eigenvalue weighted by atomic mass is 16.1. The van der Waals surface area contributed by atoms with Gasteiger partial charge in [-0.25, -0.2) is 0 Å². The summed E-state index contributed by atoms with van der Waals surface area (Å²) >= 11 is 0. The summed E-state index contributed by atoms with van der Waals surface area (Å²) in [5.41, 5.74) is 1.26. The predicted octanol–water partition coefficient (Wildman–Crippen LogP) is 4.97. The van der Waals surface area contributed by atoms with E-state index < -0.39 is 0 Å². The van der Waals surface area contributed by atoms with Gasteiger partial charge in [-0.05, 0) is 57.9 Å². The van der Waals surface area contributed by atoms with Crippen molar-refractivity contribution < 1.29 is 4.79 Å². The third kappa shape index (κ3) is 7.95. The van der Waals surface area contributed by atoms with Crippen molar-refractivity contribution in [2.45, 2.75) is 71.1 Å². The number of hydrogen-bond donors (Lipinski definition) is 0. The van der Waals surface area contributed by atoms with Crippen LogP contribution in [0, 0.1) is 0 Å². The van der Waals surface area contributed by atoms with Crippen molar-refractivity contribution in [2.24, 2.45) is 0 Å². The van der Waals surface area contributed by atoms with Gasteiger partial charge in [0.2, 0.25) is 0 Å². The molecule has 0 saturated heterocycles. The van der Waals surface area contributed by atoms with Crippen molar-refractivity contribution >= 4 is 5.78 Å². The topological polar surface area (TPSA) is 17.1 Å². The largest absolute Gasteiger partial charge is 0.295 e. The summed E-state index contributed by atoms with van der Waals surface area (Å²) in [7, 11) is 0. The summed E-state index contributed by atoms with van der Waals surface area (Å²) in [4.78, 5) is 11.6. The van der Waals surface area contributed by atoms with E-state index in [0.717, 1.165) is 19.3 Å². The fraction of sp³-hybridized carbons (Fsp3) is 0.688. The Labute approximate surface area is 106 Å². The Bertz CT molecular complexity index is 273. The average molecular weight is 234 g/mol. The SMILES string of the molecule is C/C1=C\C(=O)CCCCC/C=C/CCCCC1. The maximum atomic E-state index is 11.6. The van der Waals surface area contributed by atoms with Gasteiger partial charge in [0, 0.05) is 6.42 Å². The van der Waals surface area contributed by atoms with Crippen molar-refractivity contribution in [3.63, 3.8) is 0 Å². The highest BCUT2D eigenvalue weighted by Gasteiger charge is 2.00. The molecular formula is C16H26O. The van der Waals surface area contributed by atoms with Crippen LogP contribution in [0.3, 0.4) is 0 Å². The van der Waals surface area contributed by atoms with Crippen LogP contribution in [0.25, 0.3) is 0 Å². The number of ketones is 1. The second-order valence-electron chi connectivity index (χ2n) is 5.13. The maximum Gasteiger partial charge on any atom is 0.155 e. The molecule has 0 radical (unpaired) electrons. The molecule has 1 heteroatoms. The van der Waals surface area contributed by atoms with Gasteiger partial charge in [-0.15, -0.1) is 0 Å². The van der Waals surface area contributed by atoms with Crippen molar-refractivity contribution in [3.8, 4) is 0 Å². The van der Waals surface area contributed by atoms with E-state index in [2.05, 4.69) is 19.1 Å². The molecule has 0 amide bonds. The molecule has 0 atom stereocenters. The maximum absolute atomic E-state index is 11.6. The summed E-state index contributed by atoms with van der Waals surface area (Å²) in [5, 5.41) is 0. The summed E-state index contributed by atoms with van der Waals surface area (Å²) in [6, 6.07) is 0. The van der Waals surface area contributed by atoms with Gasteiger partial charge in [-0.3, -0.25) is 4.79 Å². The van der Waals surface area contributed by atoms with Crippen LogP contribution >= 0.6 is 0 Å². The third-order valence-corrected chi connectivity index (χ3v) is 3.31. The van der Waals surface area contributed by atoms with Crippen LogP contribution in [0.4, 0.5) is 0 Å². The number of rotatable bonds is 0. The zero-order valence-electron chi connectivity index (χ0n) is 11.2. The van der Waals surface area contributed by atoms with Gasteiger partial charge >= 0.3 is 0 Å². The van der Waals surface area contributed by atoms with E-state index in [1.54, 1.807) is 0 Å². The van der Waals surface area contributed by atoms with Gasteiger partial charge in [-0.2, -0.15) is 0 Å². The molecule has 0 spiro atoms. The van der Waals surface area contributed by atoms with E-state index in [9.17, 15) is 4.79 Å². The Hall–Kier alpha value is -0.850. The first-order chi connectivity index (χ1) is 8.29. The van der Waals surface area contributed by atoms with Gasteiger partial charge in [0.1, 0.15) is 0 Å². The molecule has 0 N–H and O–H groups in total. The number of carbonyl (C=O) groups is 1. The van der Waals surface area contributed by atoms with Crippen molar-refractivity contribution in [3.05, 3.63) is 23.8 Å². The van der Waals surface area contributed by atoms with Gasteiger partial charge < -0.3 is 0 Å². The van der Waals surface area contributed by atoms with Crippen LogP contribution in [0.5, 0.6) is 0 Å². The standard InChI is InChI=1S/C16H26O/c1-15-12-10-8-6-4-2-3-5-7-9-11-13-16(17)14-15/h2-3,14H,4-13H2,1H3/b3-2+,15-14+. The predicted molar refractivity (Wildman–Crippen MR) is 74.1 cm³/mol. The van der Waals surface area contributed by atoms with Crippen molar-refractivity contribution in [1.29, 1.82) is 0 Å². The molecule has 0 saturated carbocycles. The van der Waals surface area contributed by atoms with Gasteiger partial charge in [0.05, 0.1) is 0 Å². The molecule has 17 heavy (non-hydrogen) atoms. The highest BCUT2D eigenvalue weighted by Crippen LogP contribution is 2.12. The van der Waals surface area contributed by atoms with E-state index in [1.807, 2.05) is 6.08 Å². The van der Waals surface area contributed by atoms with Gasteiger partial charge in [0.15, 0.2) is 5.78 Å². The fourth-order valence-corrected chi connectivity index (χ4v) is 2.24. The van der Waals surface area contributed by atoms with E-state index in [1.165, 1.54) is 50.5 Å². The summed E-state index contributed by atoms with van der Waals surface area (Å²) in [6.07, 6.45) is 18.0. The zero-order valence-corrected chi connectivity index (χ0v) is 11.2. The highest BCUT2D eigenvalue weighted by molar-refractivity contribution is 5.90. The van der Waals surface area contributed by atoms with E-state index in [0.29, 0.717) is 5.78 Å². The molecule has 0 heterocycles. The first-order valence-corrected chi connectivity index (χ1v) is 7.14. The smallest absolute Gasteiger partial charge is 0.155 e. The van der Waals surface area contributed by atoms with Gasteiger partial charge in [-0.1, -0.05) is 30.6 Å².